The molecule has 0 heterocycles. The summed E-state index contributed by atoms with van der Waals surface area (Å²) in [5.74, 6) is -2.12. The predicted octanol–water partition coefficient (Wildman–Crippen LogP) is 1.70. The van der Waals surface area contributed by atoms with Crippen LogP contribution in [0.4, 0.5) is 26.3 Å². The molecule has 0 aromatic rings. The van der Waals surface area contributed by atoms with Crippen LogP contribution < -0.4 is 5.32 Å². The van der Waals surface area contributed by atoms with Gasteiger partial charge in [-0.1, -0.05) is 0 Å². The molecular weight excluding hydrogens is 320 g/mol. The maximum absolute atomic E-state index is 11.8. The fourth-order valence-corrected chi connectivity index (χ4v) is 1.41. The number of hydrogen-bond acceptors (Lipinski definition) is 4. The van der Waals surface area contributed by atoms with E-state index < -0.39 is 34.3 Å². The fraction of sp³-hybridized carbons (Fsp3) is 0.875. The lowest BCUT2D eigenvalue weighted by Crippen LogP contribution is -2.37. The average Bonchev–Trinajstić information content (AvgIpc) is 2.24. The van der Waals surface area contributed by atoms with Crippen molar-refractivity contribution in [3.05, 3.63) is 0 Å². The van der Waals surface area contributed by atoms with Gasteiger partial charge in [-0.2, -0.15) is 34.8 Å². The van der Waals surface area contributed by atoms with Crippen molar-refractivity contribution in [2.24, 2.45) is 0 Å². The molecule has 0 spiro atoms. The van der Waals surface area contributed by atoms with Crippen LogP contribution in [0.15, 0.2) is 0 Å². The molecule has 1 amide bonds. The van der Waals surface area contributed by atoms with E-state index in [1.807, 2.05) is 0 Å². The van der Waals surface area contributed by atoms with Crippen LogP contribution in [0.3, 0.4) is 0 Å². The molecule has 0 bridgehead atoms. The van der Waals surface area contributed by atoms with Crippen molar-refractivity contribution in [1.82, 2.24) is 5.32 Å². The Kier molecular flexibility index (Phi) is 6.74. The highest BCUT2D eigenvalue weighted by molar-refractivity contribution is 7.87. The number of carbonyl (C=O) groups excluding carboxylic acids is 1. The summed E-state index contributed by atoms with van der Waals surface area (Å²) in [6.07, 6.45) is -4.98. The zero-order valence-electron chi connectivity index (χ0n) is 9.84. The van der Waals surface area contributed by atoms with E-state index in [0.29, 0.717) is 0 Å². The van der Waals surface area contributed by atoms with E-state index in [4.69, 9.17) is 0 Å². The number of unbranched alkanes of at least 4 members (excludes halogenated alkanes) is 2. The van der Waals surface area contributed by atoms with E-state index in [-0.39, 0.29) is 25.8 Å². The van der Waals surface area contributed by atoms with Gasteiger partial charge in [0, 0.05) is 6.54 Å². The van der Waals surface area contributed by atoms with Crippen molar-refractivity contribution < 1.29 is 43.7 Å². The monoisotopic (exact) mass is 331 g/mol. The summed E-state index contributed by atoms with van der Waals surface area (Å²) < 4.78 is 95.0. The first-order valence-corrected chi connectivity index (χ1v) is 6.59. The summed E-state index contributed by atoms with van der Waals surface area (Å²) in [5.41, 5.74) is -5.51. The van der Waals surface area contributed by atoms with Crippen LogP contribution in [0.25, 0.3) is 0 Å². The molecule has 0 radical (unpaired) electrons. The van der Waals surface area contributed by atoms with Crippen LogP contribution in [0.5, 0.6) is 0 Å². The molecule has 0 saturated heterocycles. The molecule has 120 valence electrons. The van der Waals surface area contributed by atoms with Crippen LogP contribution in [0.2, 0.25) is 0 Å². The predicted molar refractivity (Wildman–Crippen MR) is 53.8 cm³/mol. The maximum atomic E-state index is 11.8. The van der Waals surface area contributed by atoms with Crippen LogP contribution >= 0.6 is 0 Å². The van der Waals surface area contributed by atoms with Gasteiger partial charge in [0.1, 0.15) is 0 Å². The molecule has 0 aliphatic carbocycles. The number of carbonyl (C=O) groups is 1. The van der Waals surface area contributed by atoms with E-state index in [2.05, 4.69) is 4.18 Å². The molecule has 1 N–H and O–H groups in total. The first kappa shape index (κ1) is 19.0. The van der Waals surface area contributed by atoms with Crippen LogP contribution in [0, 0.1) is 0 Å². The van der Waals surface area contributed by atoms with Crippen LogP contribution in [-0.2, 0) is 19.1 Å². The van der Waals surface area contributed by atoms with Crippen molar-refractivity contribution in [3.63, 3.8) is 0 Å². The molecule has 0 aliphatic heterocycles. The van der Waals surface area contributed by atoms with Gasteiger partial charge < -0.3 is 5.32 Å². The number of alkyl halides is 6. The van der Waals surface area contributed by atoms with Crippen molar-refractivity contribution in [2.45, 2.75) is 30.9 Å². The Morgan fingerprint density at radius 2 is 1.55 bits per heavy atom. The second kappa shape index (κ2) is 7.11. The van der Waals surface area contributed by atoms with Crippen LogP contribution in [0.1, 0.15) is 19.3 Å². The zero-order chi connectivity index (χ0) is 16.0. The summed E-state index contributed by atoms with van der Waals surface area (Å²) in [7, 11) is -5.64. The van der Waals surface area contributed by atoms with Gasteiger partial charge in [-0.25, -0.2) is 0 Å². The van der Waals surface area contributed by atoms with E-state index >= 15 is 0 Å². The highest BCUT2D eigenvalue weighted by Gasteiger charge is 2.47. The number of halogens is 6. The quantitative estimate of drug-likeness (QED) is 0.334. The third-order valence-corrected chi connectivity index (χ3v) is 2.93. The Balaban J connectivity index is 3.73. The maximum Gasteiger partial charge on any atom is 0.523 e. The normalized spacial score (nSPS) is 13.3. The second-order valence-electron chi connectivity index (χ2n) is 3.54. The topological polar surface area (TPSA) is 72.5 Å². The van der Waals surface area contributed by atoms with Crippen LogP contribution in [-0.4, -0.2) is 39.2 Å². The highest BCUT2D eigenvalue weighted by atomic mass is 32.2. The lowest BCUT2D eigenvalue weighted by atomic mass is 10.2. The molecule has 0 aromatic carbocycles. The number of nitrogens with one attached hydrogen (secondary N) is 1. The Labute approximate surface area is 110 Å². The minimum absolute atomic E-state index is 0.0389. The van der Waals surface area contributed by atoms with Gasteiger partial charge in [-0.05, 0) is 19.3 Å². The molecular formula is C8H11F6NO4S. The molecule has 12 heteroatoms. The van der Waals surface area contributed by atoms with Gasteiger partial charge in [0.05, 0.1) is 6.61 Å². The molecule has 0 aromatic heterocycles. The minimum atomic E-state index is -5.64. The van der Waals surface area contributed by atoms with Crippen molar-refractivity contribution in [2.75, 3.05) is 13.2 Å². The van der Waals surface area contributed by atoms with Crippen molar-refractivity contribution >= 4 is 16.0 Å². The molecule has 0 saturated carbocycles. The molecule has 0 fully saturated rings. The zero-order valence-corrected chi connectivity index (χ0v) is 10.7. The smallest absolute Gasteiger partial charge is 0.348 e. The van der Waals surface area contributed by atoms with Gasteiger partial charge in [-0.15, -0.1) is 0 Å². The number of rotatable bonds is 7. The van der Waals surface area contributed by atoms with E-state index in [9.17, 15) is 39.6 Å². The molecule has 0 atom stereocenters. The third-order valence-electron chi connectivity index (χ3n) is 1.89. The first-order valence-electron chi connectivity index (χ1n) is 5.18. The highest BCUT2D eigenvalue weighted by Crippen LogP contribution is 2.24. The lowest BCUT2D eigenvalue weighted by Gasteiger charge is -2.09. The molecule has 5 nitrogen and oxygen atoms in total. The molecule has 0 unspecified atom stereocenters. The largest absolute Gasteiger partial charge is 0.523 e. The minimum Gasteiger partial charge on any atom is -0.348 e. The molecule has 0 rings (SSSR count). The van der Waals surface area contributed by atoms with E-state index in [1.165, 1.54) is 0 Å². The summed E-state index contributed by atoms with van der Waals surface area (Å²) in [4.78, 5) is 10.3. The molecule has 20 heavy (non-hydrogen) atoms. The van der Waals surface area contributed by atoms with Gasteiger partial charge in [0.2, 0.25) is 0 Å². The second-order valence-corrected chi connectivity index (χ2v) is 5.14. The van der Waals surface area contributed by atoms with Gasteiger partial charge in [0.15, 0.2) is 0 Å². The number of hydrogen-bond donors (Lipinski definition) is 1. The lowest BCUT2D eigenvalue weighted by molar-refractivity contribution is -0.173. The SMILES string of the molecule is O=C(NCCCCCOS(=O)(=O)C(F)(F)F)C(F)(F)F. The fourth-order valence-electron chi connectivity index (χ4n) is 0.941. The van der Waals surface area contributed by atoms with Crippen molar-refractivity contribution in [3.8, 4) is 0 Å². The van der Waals surface area contributed by atoms with E-state index in [0.717, 1.165) is 0 Å². The molecule has 0 aliphatic rings. The number of amides is 1. The summed E-state index contributed by atoms with van der Waals surface area (Å²) in [6.45, 7) is -1.07. The Bertz CT molecular complexity index is 416. The summed E-state index contributed by atoms with van der Waals surface area (Å²) >= 11 is 0. The Hall–Kier alpha value is -1.04. The average molecular weight is 331 g/mol. The van der Waals surface area contributed by atoms with Gasteiger partial charge in [0.25, 0.3) is 0 Å². The van der Waals surface area contributed by atoms with Crippen molar-refractivity contribution in [1.29, 1.82) is 0 Å². The third kappa shape index (κ3) is 6.93. The summed E-state index contributed by atoms with van der Waals surface area (Å²) in [6, 6.07) is 0. The Morgan fingerprint density at radius 3 is 2.00 bits per heavy atom. The van der Waals surface area contributed by atoms with Gasteiger partial charge in [-0.3, -0.25) is 8.98 Å². The van der Waals surface area contributed by atoms with E-state index in [1.54, 1.807) is 5.32 Å². The Morgan fingerprint density at radius 1 is 1.00 bits per heavy atom. The standard InChI is InChI=1S/C8H11F6NO4S/c9-7(10,11)6(16)15-4-2-1-3-5-19-20(17,18)8(12,13)14/h1-5H2,(H,15,16). The first-order chi connectivity index (χ1) is 8.88. The van der Waals surface area contributed by atoms with Gasteiger partial charge >= 0.3 is 27.7 Å². The summed E-state index contributed by atoms with van der Waals surface area (Å²) in [5, 5.41) is 1.55.